The minimum atomic E-state index is -0.906. The van der Waals surface area contributed by atoms with Crippen LogP contribution in [-0.2, 0) is 32.0 Å². The van der Waals surface area contributed by atoms with E-state index in [1.54, 1.807) is 0 Å². The molecule has 0 aromatic carbocycles. The normalized spacial score (nSPS) is 21.3. The van der Waals surface area contributed by atoms with Gasteiger partial charge in [0.1, 0.15) is 0 Å². The summed E-state index contributed by atoms with van der Waals surface area (Å²) in [6.45, 7) is 11.7. The van der Waals surface area contributed by atoms with E-state index in [4.69, 9.17) is 4.99 Å². The number of aliphatic carboxylic acids is 2. The fourth-order valence-corrected chi connectivity index (χ4v) is 6.49. The lowest BCUT2D eigenvalue weighted by molar-refractivity contribution is -0.138. The molecule has 10 nitrogen and oxygen atoms in total. The number of carboxylic acids is 2. The van der Waals surface area contributed by atoms with Crippen LogP contribution in [0.25, 0.3) is 6.08 Å². The van der Waals surface area contributed by atoms with E-state index >= 15 is 0 Å². The molecule has 1 aromatic rings. The average Bonchev–Trinajstić information content (AvgIpc) is 3.59. The Kier molecular flexibility index (Phi) is 9.57. The van der Waals surface area contributed by atoms with Crippen LogP contribution in [0.3, 0.4) is 0 Å². The van der Waals surface area contributed by atoms with Gasteiger partial charge in [0.15, 0.2) is 0 Å². The summed E-state index contributed by atoms with van der Waals surface area (Å²) >= 11 is 0. The SMILES string of the molecule is CCC1=C(C)[C@@H](CC2=NC(=Cc3[nH]c(C[C@@H]4NC(=O)C(C)=C4CC)c(C)c3CCC(=O)O)C(CCC(=O)O)=C2C)NC1=O. The van der Waals surface area contributed by atoms with Crippen LogP contribution in [0, 0.1) is 6.92 Å². The molecule has 0 saturated carbocycles. The number of carboxylic acid groups (broad SMARTS) is 2. The van der Waals surface area contributed by atoms with Crippen LogP contribution in [-0.4, -0.2) is 56.7 Å². The summed E-state index contributed by atoms with van der Waals surface area (Å²) in [7, 11) is 0. The van der Waals surface area contributed by atoms with Crippen molar-refractivity contribution < 1.29 is 29.4 Å². The van der Waals surface area contributed by atoms with Gasteiger partial charge in [0.05, 0.1) is 17.8 Å². The first-order valence-electron chi connectivity index (χ1n) is 15.0. The number of H-pyrrole nitrogens is 1. The zero-order valence-electron chi connectivity index (χ0n) is 25.9. The van der Waals surface area contributed by atoms with Crippen molar-refractivity contribution >= 4 is 35.5 Å². The van der Waals surface area contributed by atoms with Gasteiger partial charge in [-0.2, -0.15) is 0 Å². The first kappa shape index (κ1) is 31.7. The zero-order chi connectivity index (χ0) is 31.6. The number of carbonyl (C=O) groups excluding carboxylic acids is 2. The second-order valence-corrected chi connectivity index (χ2v) is 11.6. The molecule has 2 atom stereocenters. The Morgan fingerprint density at radius 1 is 0.837 bits per heavy atom. The van der Waals surface area contributed by atoms with Crippen molar-refractivity contribution in [1.29, 1.82) is 0 Å². The number of rotatable bonds is 13. The van der Waals surface area contributed by atoms with E-state index in [1.165, 1.54) is 0 Å². The zero-order valence-corrected chi connectivity index (χ0v) is 25.9. The van der Waals surface area contributed by atoms with E-state index < -0.39 is 11.9 Å². The summed E-state index contributed by atoms with van der Waals surface area (Å²) in [4.78, 5) is 56.3. The number of hydrogen-bond donors (Lipinski definition) is 5. The van der Waals surface area contributed by atoms with Crippen molar-refractivity contribution in [2.75, 3.05) is 0 Å². The molecule has 3 aliphatic rings. The molecule has 0 bridgehead atoms. The van der Waals surface area contributed by atoms with Crippen molar-refractivity contribution in [3.05, 3.63) is 61.7 Å². The van der Waals surface area contributed by atoms with Crippen molar-refractivity contribution in [3.63, 3.8) is 0 Å². The lowest BCUT2D eigenvalue weighted by Crippen LogP contribution is -2.31. The van der Waals surface area contributed by atoms with Crippen molar-refractivity contribution in [2.24, 2.45) is 4.99 Å². The summed E-state index contributed by atoms with van der Waals surface area (Å²) in [5.74, 6) is -1.93. The molecule has 5 N–H and O–H groups in total. The monoisotopic (exact) mass is 590 g/mol. The molecule has 0 spiro atoms. The Bertz CT molecular complexity index is 1530. The predicted molar refractivity (Wildman–Crippen MR) is 165 cm³/mol. The molecule has 0 aliphatic carbocycles. The quantitative estimate of drug-likeness (QED) is 0.224. The van der Waals surface area contributed by atoms with Crippen LogP contribution in [0.2, 0.25) is 0 Å². The van der Waals surface area contributed by atoms with Crippen molar-refractivity contribution in [3.8, 4) is 0 Å². The van der Waals surface area contributed by atoms with Crippen molar-refractivity contribution in [2.45, 2.75) is 105 Å². The lowest BCUT2D eigenvalue weighted by atomic mass is 9.95. The van der Waals surface area contributed by atoms with Gasteiger partial charge in [0.25, 0.3) is 0 Å². The maximum absolute atomic E-state index is 12.4. The molecule has 4 heterocycles. The molecule has 1 aromatic heterocycles. The van der Waals surface area contributed by atoms with E-state index in [0.717, 1.165) is 68.1 Å². The third kappa shape index (κ3) is 6.58. The summed E-state index contributed by atoms with van der Waals surface area (Å²) < 4.78 is 0. The van der Waals surface area contributed by atoms with Crippen LogP contribution in [0.15, 0.2) is 44.1 Å². The summed E-state index contributed by atoms with van der Waals surface area (Å²) in [5.41, 5.74) is 10.2. The van der Waals surface area contributed by atoms with Gasteiger partial charge in [-0.3, -0.25) is 24.2 Å². The second kappa shape index (κ2) is 13.0. The van der Waals surface area contributed by atoms with Gasteiger partial charge in [-0.05, 0) is 92.9 Å². The molecule has 10 heteroatoms. The van der Waals surface area contributed by atoms with Crippen LogP contribution < -0.4 is 10.6 Å². The molecule has 0 saturated heterocycles. The Hall–Kier alpha value is -4.21. The number of hydrogen-bond acceptors (Lipinski definition) is 5. The molecular formula is C33H42N4O6. The van der Waals surface area contributed by atoms with Gasteiger partial charge in [0.2, 0.25) is 11.8 Å². The van der Waals surface area contributed by atoms with E-state index in [2.05, 4.69) is 15.6 Å². The largest absolute Gasteiger partial charge is 0.481 e. The molecule has 2 amide bonds. The highest BCUT2D eigenvalue weighted by Crippen LogP contribution is 2.35. The van der Waals surface area contributed by atoms with Gasteiger partial charge in [-0.1, -0.05) is 13.8 Å². The van der Waals surface area contributed by atoms with Crippen LogP contribution in [0.5, 0.6) is 0 Å². The summed E-state index contributed by atoms with van der Waals surface area (Å²) in [5, 5.41) is 25.0. The third-order valence-electron chi connectivity index (χ3n) is 9.09. The highest BCUT2D eigenvalue weighted by molar-refractivity contribution is 6.07. The first-order valence-corrected chi connectivity index (χ1v) is 15.0. The van der Waals surface area contributed by atoms with Gasteiger partial charge < -0.3 is 25.8 Å². The van der Waals surface area contributed by atoms with Crippen LogP contribution >= 0.6 is 0 Å². The number of allylic oxidation sites excluding steroid dienone is 2. The Labute approximate surface area is 252 Å². The number of aromatic nitrogens is 1. The molecule has 4 rings (SSSR count). The highest BCUT2D eigenvalue weighted by atomic mass is 16.4. The summed E-state index contributed by atoms with van der Waals surface area (Å²) in [6, 6.07) is -0.314. The Morgan fingerprint density at radius 2 is 1.49 bits per heavy atom. The lowest BCUT2D eigenvalue weighted by Gasteiger charge is -2.14. The molecule has 43 heavy (non-hydrogen) atoms. The predicted octanol–water partition coefficient (Wildman–Crippen LogP) is 4.70. The average molecular weight is 591 g/mol. The number of carbonyl (C=O) groups is 4. The molecule has 3 aliphatic heterocycles. The van der Waals surface area contributed by atoms with Gasteiger partial charge in [-0.15, -0.1) is 0 Å². The van der Waals surface area contributed by atoms with E-state index in [0.29, 0.717) is 37.8 Å². The fraction of sp³-hybridized carbons (Fsp3) is 0.485. The first-order chi connectivity index (χ1) is 20.4. The van der Waals surface area contributed by atoms with E-state index in [9.17, 15) is 29.4 Å². The van der Waals surface area contributed by atoms with Gasteiger partial charge in [0, 0.05) is 53.9 Å². The number of aliphatic imine (C=N–C) groups is 1. The van der Waals surface area contributed by atoms with Crippen LogP contribution in [0.1, 0.15) is 95.7 Å². The number of nitrogens with zero attached hydrogens (tertiary/aromatic N) is 1. The number of aromatic amines is 1. The fourth-order valence-electron chi connectivity index (χ4n) is 6.49. The summed E-state index contributed by atoms with van der Waals surface area (Å²) in [6.07, 6.45) is 4.84. The smallest absolute Gasteiger partial charge is 0.303 e. The standard InChI is InChI=1S/C33H42N4O6/c1-7-20-19(6)32(42)37-27(20)14-25-18(5)23(10-12-31(40)41)29(35-25)15-28-22(9-11-30(38)39)17(4)24(34-28)13-26-16(3)21(8-2)33(43)36-26/h15,26-27,35H,7-14H2,1-6H3,(H,36,43)(H,37,42)(H,38,39)(H,40,41)/t26-,27+/m1/s1. The topological polar surface area (TPSA) is 161 Å². The molecule has 0 unspecified atom stereocenters. The molecule has 230 valence electrons. The molecule has 0 radical (unpaired) electrons. The number of amides is 2. The van der Waals surface area contributed by atoms with E-state index in [-0.39, 0.29) is 36.7 Å². The van der Waals surface area contributed by atoms with Gasteiger partial charge in [-0.25, -0.2) is 0 Å². The Balaban J connectivity index is 1.74. The highest BCUT2D eigenvalue weighted by Gasteiger charge is 2.32. The van der Waals surface area contributed by atoms with Crippen molar-refractivity contribution in [1.82, 2.24) is 15.6 Å². The molecular weight excluding hydrogens is 548 g/mol. The number of nitrogens with one attached hydrogen (secondary N) is 3. The minimum Gasteiger partial charge on any atom is -0.481 e. The van der Waals surface area contributed by atoms with E-state index in [1.807, 2.05) is 47.6 Å². The maximum Gasteiger partial charge on any atom is 0.303 e. The van der Waals surface area contributed by atoms with Gasteiger partial charge >= 0.3 is 11.9 Å². The third-order valence-corrected chi connectivity index (χ3v) is 9.09. The second-order valence-electron chi connectivity index (χ2n) is 11.6. The minimum absolute atomic E-state index is 0.0459. The molecule has 0 fully saturated rings. The van der Waals surface area contributed by atoms with Crippen LogP contribution in [0.4, 0.5) is 0 Å². The Morgan fingerprint density at radius 3 is 2.09 bits per heavy atom. The maximum atomic E-state index is 12.4.